The van der Waals surface area contributed by atoms with Gasteiger partial charge in [-0.25, -0.2) is 0 Å². The summed E-state index contributed by atoms with van der Waals surface area (Å²) in [4.78, 5) is 12.5. The van der Waals surface area contributed by atoms with Gasteiger partial charge in [-0.15, -0.1) is 0 Å². The number of nitrogens with two attached hydrogens (primary N) is 1. The topological polar surface area (TPSA) is 55.1 Å². The van der Waals surface area contributed by atoms with Gasteiger partial charge in [-0.1, -0.05) is 25.1 Å². The second-order valence-corrected chi connectivity index (χ2v) is 6.20. The standard InChI is InChI=1S/C17H23F3N2O/c1-2-15(11-4-3-5-12(10-11)17(18,19)20)16(23)22-14-8-6-13(21)7-9-14/h3-5,10,13-15H,2,6-9,21H2,1H3,(H,22,23). The van der Waals surface area contributed by atoms with Crippen LogP contribution in [0.3, 0.4) is 0 Å². The minimum Gasteiger partial charge on any atom is -0.353 e. The van der Waals surface area contributed by atoms with Crippen molar-refractivity contribution in [2.75, 3.05) is 0 Å². The molecule has 1 saturated carbocycles. The fourth-order valence-electron chi connectivity index (χ4n) is 3.07. The Kier molecular flexibility index (Phi) is 5.68. The number of carbonyl (C=O) groups is 1. The molecule has 1 amide bonds. The van der Waals surface area contributed by atoms with Gasteiger partial charge in [-0.05, 0) is 43.7 Å². The summed E-state index contributed by atoms with van der Waals surface area (Å²) in [6.07, 6.45) is -0.557. The van der Waals surface area contributed by atoms with Crippen molar-refractivity contribution in [1.29, 1.82) is 0 Å². The molecule has 1 aliphatic carbocycles. The van der Waals surface area contributed by atoms with Gasteiger partial charge in [0.25, 0.3) is 0 Å². The minimum atomic E-state index is -4.40. The molecule has 1 atom stereocenters. The van der Waals surface area contributed by atoms with Crippen LogP contribution in [-0.2, 0) is 11.0 Å². The maximum Gasteiger partial charge on any atom is 0.416 e. The van der Waals surface area contributed by atoms with Crippen molar-refractivity contribution in [2.45, 2.75) is 63.2 Å². The second-order valence-electron chi connectivity index (χ2n) is 6.20. The summed E-state index contributed by atoms with van der Waals surface area (Å²) in [6, 6.07) is 5.30. The van der Waals surface area contributed by atoms with E-state index in [9.17, 15) is 18.0 Å². The molecule has 0 saturated heterocycles. The average Bonchev–Trinajstić information content (AvgIpc) is 2.50. The highest BCUT2D eigenvalue weighted by molar-refractivity contribution is 5.83. The first-order valence-corrected chi connectivity index (χ1v) is 8.04. The number of nitrogens with one attached hydrogen (secondary N) is 1. The van der Waals surface area contributed by atoms with E-state index in [4.69, 9.17) is 5.73 Å². The van der Waals surface area contributed by atoms with Crippen molar-refractivity contribution in [2.24, 2.45) is 5.73 Å². The molecule has 1 unspecified atom stereocenters. The number of amides is 1. The first-order chi connectivity index (χ1) is 10.8. The number of halogens is 3. The van der Waals surface area contributed by atoms with E-state index in [1.165, 1.54) is 6.07 Å². The monoisotopic (exact) mass is 328 g/mol. The van der Waals surface area contributed by atoms with Gasteiger partial charge in [0.05, 0.1) is 11.5 Å². The molecule has 0 aliphatic heterocycles. The van der Waals surface area contributed by atoms with Crippen LogP contribution in [0.5, 0.6) is 0 Å². The maximum atomic E-state index is 12.8. The highest BCUT2D eigenvalue weighted by atomic mass is 19.4. The van der Waals surface area contributed by atoms with E-state index in [2.05, 4.69) is 5.32 Å². The Labute approximate surface area is 134 Å². The summed E-state index contributed by atoms with van der Waals surface area (Å²) in [5, 5.41) is 2.97. The predicted molar refractivity (Wildman–Crippen MR) is 82.9 cm³/mol. The highest BCUT2D eigenvalue weighted by Crippen LogP contribution is 2.32. The van der Waals surface area contributed by atoms with Crippen molar-refractivity contribution < 1.29 is 18.0 Å². The molecule has 23 heavy (non-hydrogen) atoms. The molecule has 128 valence electrons. The lowest BCUT2D eigenvalue weighted by Crippen LogP contribution is -2.42. The van der Waals surface area contributed by atoms with E-state index in [0.29, 0.717) is 12.0 Å². The summed E-state index contributed by atoms with van der Waals surface area (Å²) in [7, 11) is 0. The Morgan fingerprint density at radius 2 is 1.96 bits per heavy atom. The van der Waals surface area contributed by atoms with Crippen LogP contribution in [0, 0.1) is 0 Å². The normalized spacial score (nSPS) is 23.3. The van der Waals surface area contributed by atoms with Crippen molar-refractivity contribution in [3.8, 4) is 0 Å². The summed E-state index contributed by atoms with van der Waals surface area (Å²) < 4.78 is 38.5. The number of carbonyl (C=O) groups excluding carboxylic acids is 1. The Hall–Kier alpha value is -1.56. The van der Waals surface area contributed by atoms with Crippen molar-refractivity contribution >= 4 is 5.91 Å². The molecule has 0 spiro atoms. The number of benzene rings is 1. The van der Waals surface area contributed by atoms with E-state index < -0.39 is 17.7 Å². The van der Waals surface area contributed by atoms with Crippen molar-refractivity contribution in [3.05, 3.63) is 35.4 Å². The first kappa shape index (κ1) is 17.8. The summed E-state index contributed by atoms with van der Waals surface area (Å²) in [5.74, 6) is -0.764. The van der Waals surface area contributed by atoms with Gasteiger partial charge < -0.3 is 11.1 Å². The van der Waals surface area contributed by atoms with Crippen LogP contribution >= 0.6 is 0 Å². The summed E-state index contributed by atoms with van der Waals surface area (Å²) in [6.45, 7) is 1.81. The molecule has 1 aromatic rings. The quantitative estimate of drug-likeness (QED) is 0.887. The molecule has 1 aliphatic rings. The zero-order chi connectivity index (χ0) is 17.0. The molecule has 1 aromatic carbocycles. The van der Waals surface area contributed by atoms with Gasteiger partial charge in [0.15, 0.2) is 0 Å². The third-order valence-corrected chi connectivity index (χ3v) is 4.46. The van der Waals surface area contributed by atoms with Crippen molar-refractivity contribution in [1.82, 2.24) is 5.32 Å². The molecule has 0 aromatic heterocycles. The van der Waals surface area contributed by atoms with Crippen LogP contribution in [0.2, 0.25) is 0 Å². The first-order valence-electron chi connectivity index (χ1n) is 8.04. The number of rotatable bonds is 4. The Balaban J connectivity index is 2.08. The Bertz CT molecular complexity index is 537. The summed E-state index contributed by atoms with van der Waals surface area (Å²) >= 11 is 0. The van der Waals surface area contributed by atoms with E-state index >= 15 is 0 Å². The molecule has 0 bridgehead atoms. The van der Waals surface area contributed by atoms with E-state index in [0.717, 1.165) is 37.8 Å². The van der Waals surface area contributed by atoms with Crippen molar-refractivity contribution in [3.63, 3.8) is 0 Å². The molecule has 6 heteroatoms. The number of alkyl halides is 3. The average molecular weight is 328 g/mol. The molecule has 0 heterocycles. The molecular weight excluding hydrogens is 305 g/mol. The van der Waals surface area contributed by atoms with Crippen LogP contribution in [0.4, 0.5) is 13.2 Å². The lowest BCUT2D eigenvalue weighted by Gasteiger charge is -2.28. The molecular formula is C17H23F3N2O. The van der Waals surface area contributed by atoms with E-state index in [-0.39, 0.29) is 18.0 Å². The SMILES string of the molecule is CCC(C(=O)NC1CCC(N)CC1)c1cccc(C(F)(F)F)c1. The van der Waals surface area contributed by atoms with Crippen LogP contribution in [0.25, 0.3) is 0 Å². The molecule has 1 fully saturated rings. The molecule has 0 radical (unpaired) electrons. The van der Waals surface area contributed by atoms with Gasteiger partial charge >= 0.3 is 6.18 Å². The van der Waals surface area contributed by atoms with Crippen LogP contribution in [0.1, 0.15) is 56.1 Å². The fraction of sp³-hybridized carbons (Fsp3) is 0.588. The van der Waals surface area contributed by atoms with Gasteiger partial charge in [0.2, 0.25) is 5.91 Å². The second kappa shape index (κ2) is 7.34. The smallest absolute Gasteiger partial charge is 0.353 e. The number of hydrogen-bond donors (Lipinski definition) is 2. The van der Waals surface area contributed by atoms with Gasteiger partial charge in [-0.2, -0.15) is 13.2 Å². The highest BCUT2D eigenvalue weighted by Gasteiger charge is 2.32. The molecule has 3 nitrogen and oxygen atoms in total. The minimum absolute atomic E-state index is 0.0714. The number of hydrogen-bond acceptors (Lipinski definition) is 2. The zero-order valence-corrected chi connectivity index (χ0v) is 13.2. The molecule has 2 rings (SSSR count). The van der Waals surface area contributed by atoms with Crippen LogP contribution in [0.15, 0.2) is 24.3 Å². The van der Waals surface area contributed by atoms with Gasteiger partial charge in [0, 0.05) is 12.1 Å². The fourth-order valence-corrected chi connectivity index (χ4v) is 3.07. The van der Waals surface area contributed by atoms with E-state index in [1.54, 1.807) is 13.0 Å². The lowest BCUT2D eigenvalue weighted by atomic mass is 9.90. The predicted octanol–water partition coefficient (Wildman–Crippen LogP) is 3.59. The van der Waals surface area contributed by atoms with Crippen LogP contribution in [-0.4, -0.2) is 18.0 Å². The third kappa shape index (κ3) is 4.70. The maximum absolute atomic E-state index is 12.8. The van der Waals surface area contributed by atoms with E-state index in [1.807, 2.05) is 0 Å². The van der Waals surface area contributed by atoms with Gasteiger partial charge in [0.1, 0.15) is 0 Å². The molecule has 3 N–H and O–H groups in total. The largest absolute Gasteiger partial charge is 0.416 e. The zero-order valence-electron chi connectivity index (χ0n) is 13.2. The Morgan fingerprint density at radius 3 is 2.52 bits per heavy atom. The Morgan fingerprint density at radius 1 is 1.30 bits per heavy atom. The third-order valence-electron chi connectivity index (χ3n) is 4.46. The summed E-state index contributed by atoms with van der Waals surface area (Å²) in [5.41, 5.74) is 5.53. The lowest BCUT2D eigenvalue weighted by molar-refractivity contribution is -0.137. The van der Waals surface area contributed by atoms with Crippen LogP contribution < -0.4 is 11.1 Å². The van der Waals surface area contributed by atoms with Gasteiger partial charge in [-0.3, -0.25) is 4.79 Å².